The number of alkyl carbamates (subject to hydrolysis) is 1. The molecule has 1 N–H and O–H groups in total. The largest absolute Gasteiger partial charge is 0.450 e. The first-order valence-corrected chi connectivity index (χ1v) is 4.57. The van der Waals surface area contributed by atoms with Gasteiger partial charge < -0.3 is 10.1 Å². The Kier molecular flexibility index (Phi) is 8.30. The van der Waals surface area contributed by atoms with E-state index in [1.807, 2.05) is 6.92 Å². The van der Waals surface area contributed by atoms with Crippen LogP contribution in [0.25, 0.3) is 0 Å². The summed E-state index contributed by atoms with van der Waals surface area (Å²) in [5, 5.41) is 2.54. The molecule has 0 saturated heterocycles. The van der Waals surface area contributed by atoms with Crippen LogP contribution in [0.15, 0.2) is 0 Å². The Morgan fingerprint density at radius 3 is 2.85 bits per heavy atom. The van der Waals surface area contributed by atoms with Crippen LogP contribution in [0.4, 0.5) is 4.79 Å². The van der Waals surface area contributed by atoms with Crippen LogP contribution in [0.2, 0.25) is 0 Å². The third-order valence-corrected chi connectivity index (χ3v) is 1.46. The van der Waals surface area contributed by atoms with Crippen molar-refractivity contribution in [2.45, 2.75) is 32.6 Å². The third-order valence-electron chi connectivity index (χ3n) is 1.46. The quantitative estimate of drug-likeness (QED) is 0.611. The molecule has 0 spiro atoms. The summed E-state index contributed by atoms with van der Waals surface area (Å²) in [6, 6.07) is 0. The zero-order valence-electron chi connectivity index (χ0n) is 7.97. The molecule has 4 nitrogen and oxygen atoms in total. The van der Waals surface area contributed by atoms with E-state index in [9.17, 15) is 9.59 Å². The van der Waals surface area contributed by atoms with Crippen molar-refractivity contribution in [3.05, 3.63) is 0 Å². The van der Waals surface area contributed by atoms with Crippen LogP contribution in [0.1, 0.15) is 32.6 Å². The molecule has 0 aromatic heterocycles. The van der Waals surface area contributed by atoms with Crippen LogP contribution in [0.5, 0.6) is 0 Å². The molecule has 0 saturated carbocycles. The van der Waals surface area contributed by atoms with Crippen molar-refractivity contribution in [2.75, 3.05) is 13.2 Å². The standard InChI is InChI=1S/C9H16NO3/c1-2-3-8-13-9(12)10-6-4-5-7-11/h2-6,8H2,1H3,(H,10,12). The minimum atomic E-state index is -0.403. The fourth-order valence-corrected chi connectivity index (χ4v) is 0.711. The molecule has 0 atom stereocenters. The molecule has 0 fully saturated rings. The smallest absolute Gasteiger partial charge is 0.407 e. The molecule has 0 rings (SSSR count). The van der Waals surface area contributed by atoms with E-state index in [1.165, 1.54) is 0 Å². The summed E-state index contributed by atoms with van der Waals surface area (Å²) in [4.78, 5) is 20.6. The molecule has 1 radical (unpaired) electrons. The molecule has 0 aromatic carbocycles. The normalized spacial score (nSPS) is 9.31. The second kappa shape index (κ2) is 9.03. The number of ether oxygens (including phenoxy) is 1. The summed E-state index contributed by atoms with van der Waals surface area (Å²) in [6.45, 7) is 2.96. The fourth-order valence-electron chi connectivity index (χ4n) is 0.711. The fraction of sp³-hybridized carbons (Fsp3) is 0.778. The van der Waals surface area contributed by atoms with Gasteiger partial charge in [0.1, 0.15) is 0 Å². The van der Waals surface area contributed by atoms with E-state index in [2.05, 4.69) is 5.32 Å². The van der Waals surface area contributed by atoms with E-state index in [0.29, 0.717) is 26.0 Å². The first-order valence-electron chi connectivity index (χ1n) is 4.57. The van der Waals surface area contributed by atoms with Crippen LogP contribution >= 0.6 is 0 Å². The first-order chi connectivity index (χ1) is 6.31. The highest BCUT2D eigenvalue weighted by molar-refractivity contribution is 5.67. The highest BCUT2D eigenvalue weighted by atomic mass is 16.5. The van der Waals surface area contributed by atoms with Gasteiger partial charge in [-0.15, -0.1) is 0 Å². The van der Waals surface area contributed by atoms with Gasteiger partial charge in [0.2, 0.25) is 0 Å². The Bertz CT molecular complexity index is 148. The Morgan fingerprint density at radius 1 is 1.46 bits per heavy atom. The van der Waals surface area contributed by atoms with Crippen molar-refractivity contribution in [1.82, 2.24) is 5.32 Å². The van der Waals surface area contributed by atoms with Gasteiger partial charge in [0.15, 0.2) is 6.29 Å². The molecular formula is C9H16NO3. The maximum atomic E-state index is 10.8. The Labute approximate surface area is 78.6 Å². The molecule has 13 heavy (non-hydrogen) atoms. The van der Waals surface area contributed by atoms with Crippen LogP contribution in [0, 0.1) is 0 Å². The van der Waals surface area contributed by atoms with Gasteiger partial charge in [-0.1, -0.05) is 13.3 Å². The lowest BCUT2D eigenvalue weighted by Gasteiger charge is -2.04. The van der Waals surface area contributed by atoms with E-state index in [-0.39, 0.29) is 0 Å². The van der Waals surface area contributed by atoms with E-state index in [1.54, 1.807) is 6.29 Å². The highest BCUT2D eigenvalue weighted by Crippen LogP contribution is 1.88. The van der Waals surface area contributed by atoms with Gasteiger partial charge >= 0.3 is 6.09 Å². The number of carbonyl (C=O) groups excluding carboxylic acids is 2. The number of hydrogen-bond donors (Lipinski definition) is 1. The lowest BCUT2D eigenvalue weighted by molar-refractivity contribution is 0.144. The number of nitrogens with one attached hydrogen (secondary N) is 1. The monoisotopic (exact) mass is 186 g/mol. The van der Waals surface area contributed by atoms with Gasteiger partial charge in [-0.25, -0.2) is 4.79 Å². The Balaban J connectivity index is 3.15. The number of rotatable bonds is 7. The topological polar surface area (TPSA) is 55.4 Å². The lowest BCUT2D eigenvalue weighted by Crippen LogP contribution is -2.25. The molecule has 0 unspecified atom stereocenters. The summed E-state index contributed by atoms with van der Waals surface area (Å²) < 4.78 is 4.81. The minimum Gasteiger partial charge on any atom is -0.450 e. The van der Waals surface area contributed by atoms with E-state index >= 15 is 0 Å². The van der Waals surface area contributed by atoms with Gasteiger partial charge in [-0.05, 0) is 12.8 Å². The third kappa shape index (κ3) is 8.85. The molecular weight excluding hydrogens is 170 g/mol. The van der Waals surface area contributed by atoms with E-state index in [0.717, 1.165) is 12.8 Å². The van der Waals surface area contributed by atoms with Gasteiger partial charge in [0, 0.05) is 13.0 Å². The molecule has 0 bridgehead atoms. The van der Waals surface area contributed by atoms with Crippen molar-refractivity contribution in [2.24, 2.45) is 0 Å². The van der Waals surface area contributed by atoms with Gasteiger partial charge in [-0.2, -0.15) is 0 Å². The molecule has 0 aliphatic heterocycles. The van der Waals surface area contributed by atoms with Crippen molar-refractivity contribution in [3.8, 4) is 0 Å². The number of unbranched alkanes of at least 4 members (excludes halogenated alkanes) is 2. The summed E-state index contributed by atoms with van der Waals surface area (Å²) in [5.74, 6) is 0. The zero-order valence-corrected chi connectivity index (χ0v) is 7.97. The molecule has 4 heteroatoms. The molecule has 0 aromatic rings. The highest BCUT2D eigenvalue weighted by Gasteiger charge is 1.98. The van der Waals surface area contributed by atoms with Crippen molar-refractivity contribution >= 4 is 12.4 Å². The molecule has 0 aliphatic carbocycles. The van der Waals surface area contributed by atoms with E-state index in [4.69, 9.17) is 4.74 Å². The molecule has 0 aliphatic rings. The maximum Gasteiger partial charge on any atom is 0.407 e. The lowest BCUT2D eigenvalue weighted by atomic mass is 10.3. The number of hydrogen-bond acceptors (Lipinski definition) is 3. The summed E-state index contributed by atoms with van der Waals surface area (Å²) in [7, 11) is 0. The Morgan fingerprint density at radius 2 is 2.23 bits per heavy atom. The first kappa shape index (κ1) is 11.9. The number of amides is 1. The molecule has 1 amide bonds. The zero-order chi connectivity index (χ0) is 9.94. The SMILES string of the molecule is CCCCOC(=O)NCCC[C]=O. The van der Waals surface area contributed by atoms with Crippen LogP contribution < -0.4 is 5.32 Å². The van der Waals surface area contributed by atoms with Crippen molar-refractivity contribution < 1.29 is 14.3 Å². The second-order valence-corrected chi connectivity index (χ2v) is 2.66. The average molecular weight is 186 g/mol. The van der Waals surface area contributed by atoms with Crippen molar-refractivity contribution in [1.29, 1.82) is 0 Å². The average Bonchev–Trinajstić information content (AvgIpc) is 2.13. The minimum absolute atomic E-state index is 0.356. The summed E-state index contributed by atoms with van der Waals surface area (Å²) >= 11 is 0. The summed E-state index contributed by atoms with van der Waals surface area (Å²) in [5.41, 5.74) is 0. The van der Waals surface area contributed by atoms with Crippen LogP contribution in [0.3, 0.4) is 0 Å². The van der Waals surface area contributed by atoms with Crippen molar-refractivity contribution in [3.63, 3.8) is 0 Å². The summed E-state index contributed by atoms with van der Waals surface area (Å²) in [6.07, 6.45) is 4.21. The predicted molar refractivity (Wildman–Crippen MR) is 49.2 cm³/mol. The molecule has 0 heterocycles. The van der Waals surface area contributed by atoms with Gasteiger partial charge in [0.05, 0.1) is 6.61 Å². The van der Waals surface area contributed by atoms with Crippen LogP contribution in [-0.2, 0) is 9.53 Å². The van der Waals surface area contributed by atoms with Gasteiger partial charge in [-0.3, -0.25) is 4.79 Å². The van der Waals surface area contributed by atoms with E-state index < -0.39 is 6.09 Å². The van der Waals surface area contributed by atoms with Crippen LogP contribution in [-0.4, -0.2) is 25.5 Å². The predicted octanol–water partition coefficient (Wildman–Crippen LogP) is 1.40. The second-order valence-electron chi connectivity index (χ2n) is 2.66. The number of carbonyl (C=O) groups is 1. The van der Waals surface area contributed by atoms with Gasteiger partial charge in [0.25, 0.3) is 0 Å². The Hall–Kier alpha value is -1.06. The maximum absolute atomic E-state index is 10.8. The molecule has 75 valence electrons.